The van der Waals surface area contributed by atoms with Crippen LogP contribution in [0.5, 0.6) is 0 Å². The second-order valence-electron chi connectivity index (χ2n) is 4.97. The van der Waals surface area contributed by atoms with Gasteiger partial charge in [0.25, 0.3) is 5.91 Å². The highest BCUT2D eigenvalue weighted by Crippen LogP contribution is 2.23. The van der Waals surface area contributed by atoms with Crippen LogP contribution in [0.2, 0.25) is 0 Å². The molecule has 0 saturated heterocycles. The van der Waals surface area contributed by atoms with Gasteiger partial charge in [0.05, 0.1) is 0 Å². The molecule has 5 heteroatoms. The predicted octanol–water partition coefficient (Wildman–Crippen LogP) is 2.03. The molecule has 1 aromatic heterocycles. The summed E-state index contributed by atoms with van der Waals surface area (Å²) < 4.78 is 1.51. The van der Waals surface area contributed by atoms with Crippen molar-refractivity contribution >= 4 is 11.7 Å². The number of hydrogen-bond acceptors (Lipinski definition) is 3. The van der Waals surface area contributed by atoms with Crippen molar-refractivity contribution in [1.29, 1.82) is 5.26 Å². The number of aromatic nitrogens is 2. The highest BCUT2D eigenvalue weighted by molar-refractivity contribution is 6.04. The first kappa shape index (κ1) is 12.4. The number of nitrogens with zero attached hydrogens (tertiary/aromatic N) is 3. The van der Waals surface area contributed by atoms with Crippen molar-refractivity contribution in [2.75, 3.05) is 5.32 Å². The zero-order chi connectivity index (χ0) is 14.1. The predicted molar refractivity (Wildman–Crippen MR) is 74.3 cm³/mol. The Morgan fingerprint density at radius 2 is 2.20 bits per heavy atom. The van der Waals surface area contributed by atoms with Gasteiger partial charge < -0.3 is 5.32 Å². The van der Waals surface area contributed by atoms with E-state index in [0.717, 1.165) is 19.3 Å². The van der Waals surface area contributed by atoms with Crippen molar-refractivity contribution in [2.24, 2.45) is 7.05 Å². The zero-order valence-electron chi connectivity index (χ0n) is 11.2. The summed E-state index contributed by atoms with van der Waals surface area (Å²) in [6.45, 7) is 0. The Hall–Kier alpha value is -2.61. The van der Waals surface area contributed by atoms with Gasteiger partial charge in [0.1, 0.15) is 11.6 Å². The molecule has 0 bridgehead atoms. The number of aryl methyl sites for hydroxylation is 3. The van der Waals surface area contributed by atoms with E-state index in [-0.39, 0.29) is 5.91 Å². The normalized spacial score (nSPS) is 12.8. The molecule has 1 N–H and O–H groups in total. The minimum atomic E-state index is -0.227. The lowest BCUT2D eigenvalue weighted by Gasteiger charge is -2.05. The minimum Gasteiger partial charge on any atom is -0.304 e. The van der Waals surface area contributed by atoms with Crippen LogP contribution in [0.4, 0.5) is 5.82 Å². The molecule has 0 aliphatic heterocycles. The topological polar surface area (TPSA) is 70.7 Å². The third-order valence-corrected chi connectivity index (χ3v) is 3.54. The molecule has 1 aromatic carbocycles. The van der Waals surface area contributed by atoms with Crippen LogP contribution in [-0.4, -0.2) is 15.7 Å². The fraction of sp³-hybridized carbons (Fsp3) is 0.267. The van der Waals surface area contributed by atoms with Gasteiger partial charge in [-0.3, -0.25) is 9.48 Å². The molecule has 2 aromatic rings. The first-order valence-electron chi connectivity index (χ1n) is 6.54. The van der Waals surface area contributed by atoms with Crippen molar-refractivity contribution < 1.29 is 4.79 Å². The van der Waals surface area contributed by atoms with Crippen LogP contribution in [0.25, 0.3) is 0 Å². The Morgan fingerprint density at radius 1 is 1.40 bits per heavy atom. The van der Waals surface area contributed by atoms with E-state index in [1.165, 1.54) is 15.8 Å². The van der Waals surface area contributed by atoms with E-state index in [2.05, 4.69) is 10.4 Å². The highest BCUT2D eigenvalue weighted by Gasteiger charge is 2.16. The molecular formula is C15H14N4O. The van der Waals surface area contributed by atoms with Gasteiger partial charge in [0.15, 0.2) is 5.82 Å². The second kappa shape index (κ2) is 4.82. The first-order valence-corrected chi connectivity index (χ1v) is 6.54. The van der Waals surface area contributed by atoms with Crippen molar-refractivity contribution in [3.8, 4) is 6.07 Å². The zero-order valence-corrected chi connectivity index (χ0v) is 11.2. The molecule has 0 spiro atoms. The van der Waals surface area contributed by atoms with E-state index >= 15 is 0 Å². The van der Waals surface area contributed by atoms with Crippen LogP contribution in [0.1, 0.15) is 33.5 Å². The van der Waals surface area contributed by atoms with E-state index in [0.29, 0.717) is 16.9 Å². The molecule has 0 unspecified atom stereocenters. The van der Waals surface area contributed by atoms with Crippen molar-refractivity contribution in [3.63, 3.8) is 0 Å². The number of nitriles is 1. The molecule has 0 atom stereocenters. The molecule has 1 heterocycles. The molecule has 3 rings (SSSR count). The van der Waals surface area contributed by atoms with Crippen LogP contribution in [0, 0.1) is 11.3 Å². The number of carbonyl (C=O) groups is 1. The molecule has 1 amide bonds. The largest absolute Gasteiger partial charge is 0.304 e. The Balaban J connectivity index is 1.84. The standard InChI is InChI=1S/C15H14N4O/c1-19-9-13(8-16)14(18-19)17-15(20)12-6-5-10-3-2-4-11(10)7-12/h5-7,9H,2-4H2,1H3,(H,17,18,20). The number of nitrogens with one attached hydrogen (secondary N) is 1. The van der Waals surface area contributed by atoms with Gasteiger partial charge >= 0.3 is 0 Å². The summed E-state index contributed by atoms with van der Waals surface area (Å²) >= 11 is 0. The summed E-state index contributed by atoms with van der Waals surface area (Å²) in [6, 6.07) is 7.80. The van der Waals surface area contributed by atoms with Crippen LogP contribution >= 0.6 is 0 Å². The van der Waals surface area contributed by atoms with Crippen LogP contribution in [-0.2, 0) is 19.9 Å². The maximum Gasteiger partial charge on any atom is 0.256 e. The fourth-order valence-corrected chi connectivity index (χ4v) is 2.56. The average Bonchev–Trinajstić information content (AvgIpc) is 3.03. The summed E-state index contributed by atoms with van der Waals surface area (Å²) in [5, 5.41) is 15.8. The minimum absolute atomic E-state index is 0.227. The quantitative estimate of drug-likeness (QED) is 0.904. The number of rotatable bonds is 2. The summed E-state index contributed by atoms with van der Waals surface area (Å²) in [7, 11) is 1.71. The monoisotopic (exact) mass is 266 g/mol. The SMILES string of the molecule is Cn1cc(C#N)c(NC(=O)c2ccc3c(c2)CCC3)n1. The number of fused-ring (bicyclic) bond motifs is 1. The Morgan fingerprint density at radius 3 is 3.00 bits per heavy atom. The molecule has 5 nitrogen and oxygen atoms in total. The lowest BCUT2D eigenvalue weighted by molar-refractivity contribution is 0.102. The Labute approximate surface area is 116 Å². The van der Waals surface area contributed by atoms with Crippen molar-refractivity contribution in [3.05, 3.63) is 46.6 Å². The molecule has 1 aliphatic carbocycles. The summed E-state index contributed by atoms with van der Waals surface area (Å²) in [4.78, 5) is 12.2. The van der Waals surface area contributed by atoms with Gasteiger partial charge in [0, 0.05) is 18.8 Å². The van der Waals surface area contributed by atoms with Gasteiger partial charge in [-0.05, 0) is 42.5 Å². The number of amides is 1. The number of hydrogen-bond donors (Lipinski definition) is 1. The molecule has 0 radical (unpaired) electrons. The summed E-state index contributed by atoms with van der Waals surface area (Å²) in [5.74, 6) is 0.0791. The first-order chi connectivity index (χ1) is 9.67. The maximum atomic E-state index is 12.2. The summed E-state index contributed by atoms with van der Waals surface area (Å²) in [5.41, 5.74) is 3.55. The molecule has 0 fully saturated rings. The van der Waals surface area contributed by atoms with E-state index in [4.69, 9.17) is 5.26 Å². The van der Waals surface area contributed by atoms with Gasteiger partial charge in [-0.25, -0.2) is 0 Å². The Kier molecular flexibility index (Phi) is 2.99. The number of anilines is 1. The second-order valence-corrected chi connectivity index (χ2v) is 4.97. The van der Waals surface area contributed by atoms with Crippen LogP contribution in [0.15, 0.2) is 24.4 Å². The van der Waals surface area contributed by atoms with Gasteiger partial charge in [0.2, 0.25) is 0 Å². The third kappa shape index (κ3) is 2.16. The van der Waals surface area contributed by atoms with Gasteiger partial charge in [-0.1, -0.05) is 6.07 Å². The van der Waals surface area contributed by atoms with E-state index in [1.807, 2.05) is 24.3 Å². The lowest BCUT2D eigenvalue weighted by atomic mass is 10.1. The van der Waals surface area contributed by atoms with Gasteiger partial charge in [-0.2, -0.15) is 10.4 Å². The lowest BCUT2D eigenvalue weighted by Crippen LogP contribution is -2.13. The van der Waals surface area contributed by atoms with Crippen LogP contribution in [0.3, 0.4) is 0 Å². The molecule has 0 saturated carbocycles. The fourth-order valence-electron chi connectivity index (χ4n) is 2.56. The smallest absolute Gasteiger partial charge is 0.256 e. The Bertz CT molecular complexity index is 724. The van der Waals surface area contributed by atoms with Crippen molar-refractivity contribution in [2.45, 2.75) is 19.3 Å². The van der Waals surface area contributed by atoms with Crippen LogP contribution < -0.4 is 5.32 Å². The number of benzene rings is 1. The summed E-state index contributed by atoms with van der Waals surface area (Å²) in [6.07, 6.45) is 4.86. The molecular weight excluding hydrogens is 252 g/mol. The van der Waals surface area contributed by atoms with E-state index in [1.54, 1.807) is 13.2 Å². The molecule has 1 aliphatic rings. The highest BCUT2D eigenvalue weighted by atomic mass is 16.1. The maximum absolute atomic E-state index is 12.2. The molecule has 20 heavy (non-hydrogen) atoms. The van der Waals surface area contributed by atoms with Gasteiger partial charge in [-0.15, -0.1) is 0 Å². The van der Waals surface area contributed by atoms with Crippen molar-refractivity contribution in [1.82, 2.24) is 9.78 Å². The third-order valence-electron chi connectivity index (χ3n) is 3.54. The van der Waals surface area contributed by atoms with E-state index in [9.17, 15) is 4.79 Å². The molecule has 100 valence electrons. The van der Waals surface area contributed by atoms with E-state index < -0.39 is 0 Å². The average molecular weight is 266 g/mol. The number of carbonyl (C=O) groups excluding carboxylic acids is 1.